The summed E-state index contributed by atoms with van der Waals surface area (Å²) >= 11 is 9.55. The summed E-state index contributed by atoms with van der Waals surface area (Å²) < 4.78 is 12.4. The first kappa shape index (κ1) is 14.5. The zero-order valence-electron chi connectivity index (χ0n) is 11.7. The first-order valence-corrected chi connectivity index (χ1v) is 7.80. The molecule has 5 heteroatoms. The van der Waals surface area contributed by atoms with E-state index in [9.17, 15) is 0 Å². The molecule has 1 aliphatic rings. The van der Waals surface area contributed by atoms with Gasteiger partial charge in [-0.3, -0.25) is 0 Å². The Morgan fingerprint density at radius 2 is 1.86 bits per heavy atom. The van der Waals surface area contributed by atoms with E-state index < -0.39 is 5.79 Å². The number of anilines is 1. The van der Waals surface area contributed by atoms with Gasteiger partial charge in [-0.05, 0) is 35.9 Å². The lowest BCUT2D eigenvalue weighted by Gasteiger charge is -2.16. The van der Waals surface area contributed by atoms with E-state index in [0.29, 0.717) is 6.54 Å². The molecular weight excluding hydrogens is 354 g/mol. The highest BCUT2D eigenvalue weighted by atomic mass is 79.9. The van der Waals surface area contributed by atoms with Gasteiger partial charge in [0.05, 0.1) is 0 Å². The van der Waals surface area contributed by atoms with E-state index >= 15 is 0 Å². The van der Waals surface area contributed by atoms with E-state index in [4.69, 9.17) is 21.1 Å². The number of fused-ring (bicyclic) bond motifs is 1. The molecule has 0 radical (unpaired) electrons. The highest BCUT2D eigenvalue weighted by molar-refractivity contribution is 9.10. The van der Waals surface area contributed by atoms with Crippen LogP contribution in [0.25, 0.3) is 0 Å². The lowest BCUT2D eigenvalue weighted by Crippen LogP contribution is -2.29. The Labute approximate surface area is 137 Å². The van der Waals surface area contributed by atoms with Crippen LogP contribution < -0.4 is 14.8 Å². The topological polar surface area (TPSA) is 30.5 Å². The summed E-state index contributed by atoms with van der Waals surface area (Å²) in [5.74, 6) is 0.932. The van der Waals surface area contributed by atoms with Crippen LogP contribution in [-0.2, 0) is 6.54 Å². The number of rotatable bonds is 3. The third-order valence-corrected chi connectivity index (χ3v) is 4.15. The molecule has 0 aromatic heterocycles. The van der Waals surface area contributed by atoms with Gasteiger partial charge in [0, 0.05) is 41.6 Å². The van der Waals surface area contributed by atoms with Gasteiger partial charge in [-0.15, -0.1) is 0 Å². The minimum absolute atomic E-state index is 0.600. The quantitative estimate of drug-likeness (QED) is 0.805. The van der Waals surface area contributed by atoms with Gasteiger partial charge in [0.2, 0.25) is 5.79 Å². The molecule has 1 heterocycles. The Kier molecular flexibility index (Phi) is 3.76. The highest BCUT2D eigenvalue weighted by Crippen LogP contribution is 2.40. The van der Waals surface area contributed by atoms with Crippen molar-refractivity contribution in [3.05, 3.63) is 51.5 Å². The molecule has 21 heavy (non-hydrogen) atoms. The first-order chi connectivity index (χ1) is 9.93. The van der Waals surface area contributed by atoms with Gasteiger partial charge in [0.15, 0.2) is 11.5 Å². The SMILES string of the molecule is CC1(C)Oc2ccc(NCc3cc(Cl)ccc3Br)cc2O1. The van der Waals surface area contributed by atoms with Crippen molar-refractivity contribution in [2.45, 2.75) is 26.2 Å². The van der Waals surface area contributed by atoms with Gasteiger partial charge in [-0.1, -0.05) is 27.5 Å². The zero-order valence-corrected chi connectivity index (χ0v) is 14.1. The lowest BCUT2D eigenvalue weighted by molar-refractivity contribution is -0.0431. The fourth-order valence-electron chi connectivity index (χ4n) is 2.21. The number of halogens is 2. The van der Waals surface area contributed by atoms with Crippen LogP contribution in [0.1, 0.15) is 19.4 Å². The van der Waals surface area contributed by atoms with E-state index in [1.807, 2.05) is 50.2 Å². The molecule has 0 spiro atoms. The Morgan fingerprint density at radius 1 is 1.10 bits per heavy atom. The van der Waals surface area contributed by atoms with Crippen molar-refractivity contribution in [3.8, 4) is 11.5 Å². The van der Waals surface area contributed by atoms with Gasteiger partial charge in [0.25, 0.3) is 0 Å². The predicted molar refractivity (Wildman–Crippen MR) is 88.3 cm³/mol. The van der Waals surface area contributed by atoms with Crippen LogP contribution in [0.2, 0.25) is 5.02 Å². The van der Waals surface area contributed by atoms with Crippen LogP contribution in [0.15, 0.2) is 40.9 Å². The number of hydrogen-bond acceptors (Lipinski definition) is 3. The summed E-state index contributed by atoms with van der Waals surface area (Å²) in [6.07, 6.45) is 0. The molecule has 0 saturated heterocycles. The van der Waals surface area contributed by atoms with Gasteiger partial charge in [-0.25, -0.2) is 0 Å². The number of nitrogens with one attached hydrogen (secondary N) is 1. The average Bonchev–Trinajstić information content (AvgIpc) is 2.72. The summed E-state index contributed by atoms with van der Waals surface area (Å²) in [5.41, 5.74) is 2.07. The molecule has 1 aliphatic heterocycles. The van der Waals surface area contributed by atoms with Crippen molar-refractivity contribution in [1.29, 1.82) is 0 Å². The molecule has 2 aromatic carbocycles. The van der Waals surface area contributed by atoms with E-state index in [-0.39, 0.29) is 0 Å². The van der Waals surface area contributed by atoms with E-state index in [0.717, 1.165) is 32.2 Å². The lowest BCUT2D eigenvalue weighted by atomic mass is 10.2. The highest BCUT2D eigenvalue weighted by Gasteiger charge is 2.31. The minimum atomic E-state index is -0.600. The van der Waals surface area contributed by atoms with E-state index in [1.54, 1.807) is 0 Å². The molecule has 0 fully saturated rings. The molecule has 0 saturated carbocycles. The zero-order chi connectivity index (χ0) is 15.0. The summed E-state index contributed by atoms with van der Waals surface area (Å²) in [5, 5.41) is 4.09. The second kappa shape index (κ2) is 5.43. The predicted octanol–water partition coefficient (Wildman–Crippen LogP) is 5.22. The molecular formula is C16H15BrClNO2. The van der Waals surface area contributed by atoms with E-state index in [2.05, 4.69) is 21.2 Å². The molecule has 0 amide bonds. The maximum Gasteiger partial charge on any atom is 0.246 e. The monoisotopic (exact) mass is 367 g/mol. The van der Waals surface area contributed by atoms with Gasteiger partial charge in [0.1, 0.15) is 0 Å². The summed E-state index contributed by atoms with van der Waals surface area (Å²) in [4.78, 5) is 0. The van der Waals surface area contributed by atoms with Crippen molar-refractivity contribution in [1.82, 2.24) is 0 Å². The van der Waals surface area contributed by atoms with Crippen molar-refractivity contribution in [3.63, 3.8) is 0 Å². The van der Waals surface area contributed by atoms with Crippen LogP contribution in [0.4, 0.5) is 5.69 Å². The largest absolute Gasteiger partial charge is 0.449 e. The molecule has 0 atom stereocenters. The molecule has 2 aromatic rings. The van der Waals surface area contributed by atoms with Crippen molar-refractivity contribution >= 4 is 33.2 Å². The fraction of sp³-hybridized carbons (Fsp3) is 0.250. The molecule has 0 bridgehead atoms. The van der Waals surface area contributed by atoms with Gasteiger partial charge >= 0.3 is 0 Å². The van der Waals surface area contributed by atoms with Gasteiger partial charge < -0.3 is 14.8 Å². The van der Waals surface area contributed by atoms with Crippen LogP contribution in [-0.4, -0.2) is 5.79 Å². The molecule has 1 N–H and O–H groups in total. The number of hydrogen-bond donors (Lipinski definition) is 1. The molecule has 3 rings (SSSR count). The second-order valence-electron chi connectivity index (χ2n) is 5.35. The van der Waals surface area contributed by atoms with Crippen LogP contribution in [0.3, 0.4) is 0 Å². The second-order valence-corrected chi connectivity index (χ2v) is 6.65. The summed E-state index contributed by atoms with van der Waals surface area (Å²) in [7, 11) is 0. The Bertz CT molecular complexity index is 688. The average molecular weight is 369 g/mol. The Morgan fingerprint density at radius 3 is 2.67 bits per heavy atom. The number of benzene rings is 2. The van der Waals surface area contributed by atoms with Crippen molar-refractivity contribution < 1.29 is 9.47 Å². The molecule has 0 unspecified atom stereocenters. The fourth-order valence-corrected chi connectivity index (χ4v) is 2.79. The Balaban J connectivity index is 1.74. The molecule has 110 valence electrons. The normalized spacial score (nSPS) is 15.0. The van der Waals surface area contributed by atoms with Crippen molar-refractivity contribution in [2.75, 3.05) is 5.32 Å². The van der Waals surface area contributed by atoms with Gasteiger partial charge in [-0.2, -0.15) is 0 Å². The third kappa shape index (κ3) is 3.27. The van der Waals surface area contributed by atoms with Crippen LogP contribution in [0.5, 0.6) is 11.5 Å². The number of ether oxygens (including phenoxy) is 2. The van der Waals surface area contributed by atoms with Crippen molar-refractivity contribution in [2.24, 2.45) is 0 Å². The van der Waals surface area contributed by atoms with Crippen LogP contribution >= 0.6 is 27.5 Å². The standard InChI is InChI=1S/C16H15BrClNO2/c1-16(2)20-14-6-4-12(8-15(14)21-16)19-9-10-7-11(18)3-5-13(10)17/h3-8,19H,9H2,1-2H3. The smallest absolute Gasteiger partial charge is 0.246 e. The molecule has 3 nitrogen and oxygen atoms in total. The van der Waals surface area contributed by atoms with Crippen LogP contribution in [0, 0.1) is 0 Å². The summed E-state index contributed by atoms with van der Waals surface area (Å²) in [6, 6.07) is 11.6. The summed E-state index contributed by atoms with van der Waals surface area (Å²) in [6.45, 7) is 4.45. The molecule has 0 aliphatic carbocycles. The Hall–Kier alpha value is -1.39. The first-order valence-electron chi connectivity index (χ1n) is 6.63. The van der Waals surface area contributed by atoms with E-state index in [1.165, 1.54) is 0 Å². The maximum atomic E-state index is 6.02. The maximum absolute atomic E-state index is 6.02. The third-order valence-electron chi connectivity index (χ3n) is 3.15. The minimum Gasteiger partial charge on any atom is -0.449 e.